The minimum absolute atomic E-state index is 0.120. The molecule has 1 aliphatic rings. The van der Waals surface area contributed by atoms with E-state index in [9.17, 15) is 9.59 Å². The lowest BCUT2D eigenvalue weighted by Crippen LogP contribution is -2.54. The van der Waals surface area contributed by atoms with Gasteiger partial charge in [-0.15, -0.1) is 0 Å². The smallest absolute Gasteiger partial charge is 0.271 e. The third-order valence-electron chi connectivity index (χ3n) is 4.50. The Morgan fingerprint density at radius 2 is 1.93 bits per heavy atom. The summed E-state index contributed by atoms with van der Waals surface area (Å²) in [5, 5.41) is 3.40. The van der Waals surface area contributed by atoms with Crippen LogP contribution in [0.3, 0.4) is 0 Å². The molecule has 0 fully saturated rings. The first-order valence-corrected chi connectivity index (χ1v) is 9.26. The molecule has 2 amide bonds. The maximum Gasteiger partial charge on any atom is 0.271 e. The zero-order chi connectivity index (χ0) is 19.8. The first-order valence-electron chi connectivity index (χ1n) is 8.88. The highest BCUT2D eigenvalue weighted by molar-refractivity contribution is 6.31. The molecule has 0 radical (unpaired) electrons. The second-order valence-corrected chi connectivity index (χ2v) is 7.84. The van der Waals surface area contributed by atoms with E-state index in [1.54, 1.807) is 32.0 Å². The maximum atomic E-state index is 12.9. The number of hydrogen-bond acceptors (Lipinski definition) is 3. The number of ether oxygens (including phenoxy) is 1. The molecule has 0 saturated heterocycles. The number of anilines is 2. The van der Waals surface area contributed by atoms with Crippen LogP contribution in [0.25, 0.3) is 0 Å². The predicted octanol–water partition coefficient (Wildman–Crippen LogP) is 4.61. The standard InChI is InChI=1S/C21H23ClN2O3/c1-13(2)15-7-5-6-8-16(15)23-19(25)12-24-17-11-14(22)9-10-18(17)27-21(3,4)20(24)26/h5-11,13H,12H2,1-4H3,(H,23,25). The SMILES string of the molecule is CC(C)c1ccccc1NC(=O)CN1C(=O)C(C)(C)Oc2ccc(Cl)cc21. The van der Waals surface area contributed by atoms with Crippen LogP contribution in [0.4, 0.5) is 11.4 Å². The first-order chi connectivity index (χ1) is 12.7. The van der Waals surface area contributed by atoms with Crippen LogP contribution in [0.5, 0.6) is 5.75 Å². The summed E-state index contributed by atoms with van der Waals surface area (Å²) < 4.78 is 5.79. The molecule has 0 saturated carbocycles. The molecule has 142 valence electrons. The quantitative estimate of drug-likeness (QED) is 0.834. The molecule has 0 aromatic heterocycles. The van der Waals surface area contributed by atoms with E-state index in [1.807, 2.05) is 24.3 Å². The fraction of sp³-hybridized carbons (Fsp3) is 0.333. The summed E-state index contributed by atoms with van der Waals surface area (Å²) in [4.78, 5) is 27.0. The molecule has 27 heavy (non-hydrogen) atoms. The van der Waals surface area contributed by atoms with Crippen molar-refractivity contribution in [2.24, 2.45) is 0 Å². The second kappa shape index (κ2) is 7.24. The molecule has 1 N–H and O–H groups in total. The van der Waals surface area contributed by atoms with Crippen molar-refractivity contribution in [2.75, 3.05) is 16.8 Å². The van der Waals surface area contributed by atoms with Gasteiger partial charge in [0.05, 0.1) is 5.69 Å². The Labute approximate surface area is 164 Å². The lowest BCUT2D eigenvalue weighted by molar-refractivity contribution is -0.133. The van der Waals surface area contributed by atoms with E-state index in [0.717, 1.165) is 11.3 Å². The minimum atomic E-state index is -1.06. The van der Waals surface area contributed by atoms with Crippen molar-refractivity contribution >= 4 is 34.8 Å². The molecule has 1 aliphatic heterocycles. The highest BCUT2D eigenvalue weighted by Gasteiger charge is 2.41. The van der Waals surface area contributed by atoms with Crippen molar-refractivity contribution in [3.8, 4) is 5.75 Å². The van der Waals surface area contributed by atoms with Gasteiger partial charge in [-0.1, -0.05) is 43.6 Å². The van der Waals surface area contributed by atoms with Crippen molar-refractivity contribution in [1.82, 2.24) is 0 Å². The van der Waals surface area contributed by atoms with Gasteiger partial charge in [0.25, 0.3) is 5.91 Å². The summed E-state index contributed by atoms with van der Waals surface area (Å²) in [6, 6.07) is 12.7. The Bertz CT molecular complexity index is 893. The summed E-state index contributed by atoms with van der Waals surface area (Å²) in [6.07, 6.45) is 0. The largest absolute Gasteiger partial charge is 0.476 e. The van der Waals surface area contributed by atoms with Crippen molar-refractivity contribution in [2.45, 2.75) is 39.2 Å². The molecule has 0 spiro atoms. The monoisotopic (exact) mass is 386 g/mol. The summed E-state index contributed by atoms with van der Waals surface area (Å²) in [5.74, 6) is 0.231. The number of fused-ring (bicyclic) bond motifs is 1. The molecule has 2 aromatic rings. The Morgan fingerprint density at radius 3 is 2.63 bits per heavy atom. The molecule has 3 rings (SSSR count). The van der Waals surface area contributed by atoms with E-state index in [4.69, 9.17) is 16.3 Å². The molecule has 0 unspecified atom stereocenters. The third kappa shape index (κ3) is 3.93. The molecule has 0 aliphatic carbocycles. The Hall–Kier alpha value is -2.53. The Balaban J connectivity index is 1.87. The summed E-state index contributed by atoms with van der Waals surface area (Å²) in [5.41, 5.74) is 1.24. The lowest BCUT2D eigenvalue weighted by atomic mass is 10.0. The number of carbonyl (C=O) groups is 2. The highest BCUT2D eigenvalue weighted by atomic mass is 35.5. The third-order valence-corrected chi connectivity index (χ3v) is 4.73. The molecule has 2 aromatic carbocycles. The zero-order valence-corrected chi connectivity index (χ0v) is 16.6. The summed E-state index contributed by atoms with van der Waals surface area (Å²) in [6.45, 7) is 7.39. The van der Waals surface area contributed by atoms with Crippen LogP contribution < -0.4 is 15.0 Å². The number of rotatable bonds is 4. The molecular weight excluding hydrogens is 364 g/mol. The molecule has 0 atom stereocenters. The van der Waals surface area contributed by atoms with Gasteiger partial charge in [-0.3, -0.25) is 14.5 Å². The van der Waals surface area contributed by atoms with Gasteiger partial charge in [-0.25, -0.2) is 0 Å². The molecule has 1 heterocycles. The van der Waals surface area contributed by atoms with Gasteiger partial charge < -0.3 is 10.1 Å². The molecule has 0 bridgehead atoms. The van der Waals surface area contributed by atoms with Gasteiger partial charge in [0.1, 0.15) is 12.3 Å². The Kier molecular flexibility index (Phi) is 5.16. The summed E-state index contributed by atoms with van der Waals surface area (Å²) >= 11 is 6.09. The zero-order valence-electron chi connectivity index (χ0n) is 15.9. The van der Waals surface area contributed by atoms with Crippen LogP contribution in [0.2, 0.25) is 5.02 Å². The molecular formula is C21H23ClN2O3. The number of amides is 2. The highest BCUT2D eigenvalue weighted by Crippen LogP contribution is 2.39. The number of nitrogens with one attached hydrogen (secondary N) is 1. The van der Waals surface area contributed by atoms with Gasteiger partial charge in [-0.2, -0.15) is 0 Å². The lowest BCUT2D eigenvalue weighted by Gasteiger charge is -2.38. The van der Waals surface area contributed by atoms with Gasteiger partial charge >= 0.3 is 0 Å². The summed E-state index contributed by atoms with van der Waals surface area (Å²) in [7, 11) is 0. The van der Waals surface area contributed by atoms with Gasteiger partial charge in [0, 0.05) is 10.7 Å². The maximum absolute atomic E-state index is 12.9. The van der Waals surface area contributed by atoms with Crippen LogP contribution in [0.1, 0.15) is 39.2 Å². The Morgan fingerprint density at radius 1 is 1.22 bits per heavy atom. The fourth-order valence-electron chi connectivity index (χ4n) is 3.15. The number of nitrogens with zero attached hydrogens (tertiary/aromatic N) is 1. The number of benzene rings is 2. The average Bonchev–Trinajstić information content (AvgIpc) is 2.60. The van der Waals surface area contributed by atoms with Gasteiger partial charge in [0.2, 0.25) is 5.91 Å². The normalized spacial score (nSPS) is 15.3. The van der Waals surface area contributed by atoms with Gasteiger partial charge in [-0.05, 0) is 49.6 Å². The van der Waals surface area contributed by atoms with E-state index in [2.05, 4.69) is 19.2 Å². The van der Waals surface area contributed by atoms with Crippen molar-refractivity contribution in [1.29, 1.82) is 0 Å². The van der Waals surface area contributed by atoms with Crippen LogP contribution in [0, 0.1) is 0 Å². The molecule has 6 heteroatoms. The number of halogens is 1. The number of hydrogen-bond donors (Lipinski definition) is 1. The van der Waals surface area contributed by atoms with Crippen molar-refractivity contribution < 1.29 is 14.3 Å². The number of carbonyl (C=O) groups excluding carboxylic acids is 2. The van der Waals surface area contributed by atoms with E-state index in [0.29, 0.717) is 16.5 Å². The van der Waals surface area contributed by atoms with Crippen LogP contribution in [-0.2, 0) is 9.59 Å². The molecule has 5 nitrogen and oxygen atoms in total. The minimum Gasteiger partial charge on any atom is -0.476 e. The topological polar surface area (TPSA) is 58.6 Å². The second-order valence-electron chi connectivity index (χ2n) is 7.41. The van der Waals surface area contributed by atoms with Gasteiger partial charge in [0.15, 0.2) is 5.60 Å². The van der Waals surface area contributed by atoms with Crippen LogP contribution in [0.15, 0.2) is 42.5 Å². The fourth-order valence-corrected chi connectivity index (χ4v) is 3.31. The van der Waals surface area contributed by atoms with E-state index in [-0.39, 0.29) is 24.3 Å². The van der Waals surface area contributed by atoms with Crippen molar-refractivity contribution in [3.63, 3.8) is 0 Å². The number of para-hydroxylation sites is 1. The van der Waals surface area contributed by atoms with Crippen LogP contribution in [-0.4, -0.2) is 24.0 Å². The van der Waals surface area contributed by atoms with E-state index >= 15 is 0 Å². The van der Waals surface area contributed by atoms with E-state index < -0.39 is 5.60 Å². The van der Waals surface area contributed by atoms with Crippen molar-refractivity contribution in [3.05, 3.63) is 53.1 Å². The average molecular weight is 387 g/mol. The van der Waals surface area contributed by atoms with E-state index in [1.165, 1.54) is 4.90 Å². The predicted molar refractivity (Wildman–Crippen MR) is 108 cm³/mol. The van der Waals surface area contributed by atoms with Crippen LogP contribution >= 0.6 is 11.6 Å². The first kappa shape index (κ1) is 19.2.